The number of sulfonamides is 1. The van der Waals surface area contributed by atoms with Gasteiger partial charge < -0.3 is 11.1 Å². The molecule has 1 fully saturated rings. The maximum absolute atomic E-state index is 12.3. The summed E-state index contributed by atoms with van der Waals surface area (Å²) >= 11 is 11.8. The van der Waals surface area contributed by atoms with Gasteiger partial charge in [-0.3, -0.25) is 4.79 Å². The van der Waals surface area contributed by atoms with Crippen molar-refractivity contribution < 1.29 is 13.2 Å². The minimum Gasteiger partial charge on any atom is -0.349 e. The highest BCUT2D eigenvalue weighted by Crippen LogP contribution is 2.39. The average Bonchev–Trinajstić information content (AvgIpc) is 3.31. The lowest BCUT2D eigenvalue weighted by molar-refractivity contribution is -0.122. The molecule has 24 heavy (non-hydrogen) atoms. The van der Waals surface area contributed by atoms with Gasteiger partial charge >= 0.3 is 0 Å². The first-order chi connectivity index (χ1) is 11.2. The molecule has 1 saturated carbocycles. The molecule has 6 nitrogen and oxygen atoms in total. The SMILES string of the molecule is CC(CN)(NC(=O)CCNS(=O)(=O)c1c(Cl)cccc1Cl)C1CC1. The van der Waals surface area contributed by atoms with Gasteiger partial charge in [0.05, 0.1) is 15.6 Å². The van der Waals surface area contributed by atoms with Crippen molar-refractivity contribution in [3.63, 3.8) is 0 Å². The largest absolute Gasteiger partial charge is 0.349 e. The molecule has 1 unspecified atom stereocenters. The van der Waals surface area contributed by atoms with E-state index in [4.69, 9.17) is 28.9 Å². The number of nitrogens with one attached hydrogen (secondary N) is 2. The van der Waals surface area contributed by atoms with E-state index in [1.807, 2.05) is 6.92 Å². The molecule has 1 atom stereocenters. The van der Waals surface area contributed by atoms with Crippen molar-refractivity contribution in [1.82, 2.24) is 10.0 Å². The molecule has 1 amide bonds. The van der Waals surface area contributed by atoms with Crippen LogP contribution in [-0.2, 0) is 14.8 Å². The van der Waals surface area contributed by atoms with Gasteiger partial charge in [-0.2, -0.15) is 0 Å². The quantitative estimate of drug-likeness (QED) is 0.627. The molecule has 0 aliphatic heterocycles. The normalized spacial score (nSPS) is 17.3. The minimum atomic E-state index is -3.89. The van der Waals surface area contributed by atoms with Crippen molar-refractivity contribution in [3.8, 4) is 0 Å². The number of carbonyl (C=O) groups is 1. The summed E-state index contributed by atoms with van der Waals surface area (Å²) in [5.74, 6) is 0.146. The van der Waals surface area contributed by atoms with Crippen LogP contribution in [0.15, 0.2) is 23.1 Å². The van der Waals surface area contributed by atoms with Crippen LogP contribution in [0.1, 0.15) is 26.2 Å². The third-order valence-corrected chi connectivity index (χ3v) is 6.57. The molecule has 0 bridgehead atoms. The first-order valence-electron chi connectivity index (χ1n) is 7.64. The van der Waals surface area contributed by atoms with E-state index >= 15 is 0 Å². The van der Waals surface area contributed by atoms with Crippen LogP contribution < -0.4 is 15.8 Å². The maximum Gasteiger partial charge on any atom is 0.243 e. The van der Waals surface area contributed by atoms with Gasteiger partial charge in [0.25, 0.3) is 0 Å². The molecule has 0 heterocycles. The molecule has 9 heteroatoms. The Labute approximate surface area is 152 Å². The summed E-state index contributed by atoms with van der Waals surface area (Å²) in [5, 5.41) is 2.97. The number of carbonyl (C=O) groups excluding carboxylic acids is 1. The Bertz CT molecular complexity index is 702. The lowest BCUT2D eigenvalue weighted by Crippen LogP contribution is -2.53. The van der Waals surface area contributed by atoms with Crippen molar-refractivity contribution in [2.45, 2.75) is 36.6 Å². The van der Waals surface area contributed by atoms with E-state index in [0.717, 1.165) is 12.8 Å². The Morgan fingerprint density at radius 1 is 1.33 bits per heavy atom. The second-order valence-electron chi connectivity index (χ2n) is 6.14. The van der Waals surface area contributed by atoms with Crippen LogP contribution in [0.2, 0.25) is 10.0 Å². The van der Waals surface area contributed by atoms with E-state index in [0.29, 0.717) is 12.5 Å². The zero-order valence-corrected chi connectivity index (χ0v) is 15.6. The van der Waals surface area contributed by atoms with Crippen molar-refractivity contribution >= 4 is 39.1 Å². The Balaban J connectivity index is 1.92. The van der Waals surface area contributed by atoms with Crippen LogP contribution in [0.4, 0.5) is 0 Å². The Kier molecular flexibility index (Phi) is 6.14. The number of hydrogen-bond acceptors (Lipinski definition) is 4. The fourth-order valence-electron chi connectivity index (χ4n) is 2.53. The summed E-state index contributed by atoms with van der Waals surface area (Å²) < 4.78 is 26.9. The summed E-state index contributed by atoms with van der Waals surface area (Å²) in [6, 6.07) is 4.44. The summed E-state index contributed by atoms with van der Waals surface area (Å²) in [5.41, 5.74) is 5.32. The van der Waals surface area contributed by atoms with E-state index in [9.17, 15) is 13.2 Å². The molecule has 1 aromatic rings. The van der Waals surface area contributed by atoms with Crippen LogP contribution in [-0.4, -0.2) is 33.0 Å². The van der Waals surface area contributed by atoms with Gasteiger partial charge in [-0.15, -0.1) is 0 Å². The van der Waals surface area contributed by atoms with Crippen LogP contribution in [0.25, 0.3) is 0 Å². The molecule has 0 saturated heterocycles. The number of amides is 1. The minimum absolute atomic E-state index is 0.00358. The summed E-state index contributed by atoms with van der Waals surface area (Å²) in [6.45, 7) is 2.21. The zero-order chi connectivity index (χ0) is 18.0. The number of rotatable bonds is 8. The van der Waals surface area contributed by atoms with E-state index in [2.05, 4.69) is 10.0 Å². The molecular weight excluding hydrogens is 373 g/mol. The van der Waals surface area contributed by atoms with Gasteiger partial charge in [0.2, 0.25) is 15.9 Å². The topological polar surface area (TPSA) is 101 Å². The maximum atomic E-state index is 12.3. The third-order valence-electron chi connectivity index (χ3n) is 4.16. The number of hydrogen-bond donors (Lipinski definition) is 3. The van der Waals surface area contributed by atoms with Crippen LogP contribution in [0.3, 0.4) is 0 Å². The standard InChI is InChI=1S/C15H21Cl2N3O3S/c1-15(9-18,10-5-6-10)20-13(21)7-8-19-24(22,23)14-11(16)3-2-4-12(14)17/h2-4,10,19H,5-9,18H2,1H3,(H,20,21). The highest BCUT2D eigenvalue weighted by Gasteiger charge is 2.41. The van der Waals surface area contributed by atoms with Gasteiger partial charge in [-0.25, -0.2) is 13.1 Å². The number of benzene rings is 1. The Morgan fingerprint density at radius 3 is 2.42 bits per heavy atom. The lowest BCUT2D eigenvalue weighted by Gasteiger charge is -2.29. The monoisotopic (exact) mass is 393 g/mol. The van der Waals surface area contributed by atoms with Gasteiger partial charge in [-0.1, -0.05) is 29.3 Å². The van der Waals surface area contributed by atoms with E-state index in [1.165, 1.54) is 12.1 Å². The van der Waals surface area contributed by atoms with Crippen LogP contribution in [0.5, 0.6) is 0 Å². The molecule has 0 spiro atoms. The Morgan fingerprint density at radius 2 is 1.92 bits per heavy atom. The van der Waals surface area contributed by atoms with Crippen LogP contribution >= 0.6 is 23.2 Å². The first-order valence-corrected chi connectivity index (χ1v) is 9.88. The predicted molar refractivity (Wildman–Crippen MR) is 94.6 cm³/mol. The van der Waals surface area contributed by atoms with Gasteiger partial charge in [-0.05, 0) is 37.8 Å². The molecule has 134 valence electrons. The second kappa shape index (κ2) is 7.58. The van der Waals surface area contributed by atoms with E-state index in [-0.39, 0.29) is 33.8 Å². The first kappa shape index (κ1) is 19.5. The summed E-state index contributed by atoms with van der Waals surface area (Å²) in [4.78, 5) is 11.9. The molecule has 1 aromatic carbocycles. The second-order valence-corrected chi connectivity index (χ2v) is 8.66. The summed E-state index contributed by atoms with van der Waals surface area (Å²) in [6.07, 6.45) is 2.10. The molecule has 1 aliphatic rings. The number of halogens is 2. The van der Waals surface area contributed by atoms with E-state index in [1.54, 1.807) is 6.07 Å². The molecule has 2 rings (SSSR count). The predicted octanol–water partition coefficient (Wildman–Crippen LogP) is 1.91. The zero-order valence-electron chi connectivity index (χ0n) is 13.3. The fourth-order valence-corrected chi connectivity index (χ4v) is 4.70. The molecule has 4 N–H and O–H groups in total. The van der Waals surface area contributed by atoms with Gasteiger partial charge in [0.15, 0.2) is 0 Å². The van der Waals surface area contributed by atoms with Crippen molar-refractivity contribution in [3.05, 3.63) is 28.2 Å². The summed E-state index contributed by atoms with van der Waals surface area (Å²) in [7, 11) is -3.89. The van der Waals surface area contributed by atoms with E-state index < -0.39 is 15.6 Å². The van der Waals surface area contributed by atoms with Crippen molar-refractivity contribution in [1.29, 1.82) is 0 Å². The van der Waals surface area contributed by atoms with Crippen molar-refractivity contribution in [2.75, 3.05) is 13.1 Å². The highest BCUT2D eigenvalue weighted by molar-refractivity contribution is 7.89. The number of nitrogens with two attached hydrogens (primary N) is 1. The molecule has 0 radical (unpaired) electrons. The smallest absolute Gasteiger partial charge is 0.243 e. The molecule has 0 aromatic heterocycles. The fraction of sp³-hybridized carbons (Fsp3) is 0.533. The highest BCUT2D eigenvalue weighted by atomic mass is 35.5. The van der Waals surface area contributed by atoms with Crippen LogP contribution in [0, 0.1) is 5.92 Å². The third kappa shape index (κ3) is 4.61. The Hall–Kier alpha value is -0.860. The van der Waals surface area contributed by atoms with Gasteiger partial charge in [0, 0.05) is 19.5 Å². The van der Waals surface area contributed by atoms with Crippen molar-refractivity contribution in [2.24, 2.45) is 11.7 Å². The molecule has 1 aliphatic carbocycles. The lowest BCUT2D eigenvalue weighted by atomic mass is 9.96. The molecular formula is C15H21Cl2N3O3S. The van der Waals surface area contributed by atoms with Gasteiger partial charge in [0.1, 0.15) is 4.90 Å². The average molecular weight is 394 g/mol.